The van der Waals surface area contributed by atoms with Crippen LogP contribution in [0.15, 0.2) is 18.2 Å². The van der Waals surface area contributed by atoms with Crippen molar-refractivity contribution in [3.63, 3.8) is 0 Å². The summed E-state index contributed by atoms with van der Waals surface area (Å²) in [7, 11) is 0. The lowest BCUT2D eigenvalue weighted by Gasteiger charge is -2.26. The molecule has 0 spiro atoms. The van der Waals surface area contributed by atoms with E-state index < -0.39 is 6.04 Å². The molecular weight excluding hydrogens is 318 g/mol. The Morgan fingerprint density at radius 1 is 1.26 bits per heavy atom. The summed E-state index contributed by atoms with van der Waals surface area (Å²) in [4.78, 5) is 23.4. The lowest BCUT2D eigenvalue weighted by Crippen LogP contribution is -2.44. The van der Waals surface area contributed by atoms with Crippen molar-refractivity contribution >= 4 is 35.6 Å². The summed E-state index contributed by atoms with van der Waals surface area (Å²) in [5, 5.41) is 5.57. The molecule has 1 unspecified atom stereocenters. The van der Waals surface area contributed by atoms with Crippen LogP contribution in [0.4, 0.5) is 11.4 Å². The van der Waals surface area contributed by atoms with Crippen LogP contribution in [-0.4, -0.2) is 31.1 Å². The molecule has 1 aliphatic rings. The minimum absolute atomic E-state index is 0. The van der Waals surface area contributed by atoms with Crippen LogP contribution in [0, 0.1) is 12.8 Å². The van der Waals surface area contributed by atoms with Gasteiger partial charge in [0, 0.05) is 31.5 Å². The van der Waals surface area contributed by atoms with Crippen molar-refractivity contribution in [1.82, 2.24) is 0 Å². The number of carbonyl (C=O) groups excluding carboxylic acids is 2. The van der Waals surface area contributed by atoms with Crippen molar-refractivity contribution < 1.29 is 14.3 Å². The van der Waals surface area contributed by atoms with Gasteiger partial charge in [0.25, 0.3) is 0 Å². The van der Waals surface area contributed by atoms with E-state index in [9.17, 15) is 9.59 Å². The number of benzene rings is 1. The first-order chi connectivity index (χ1) is 10.5. The van der Waals surface area contributed by atoms with Crippen LogP contribution >= 0.6 is 12.4 Å². The maximum Gasteiger partial charge on any atom is 0.241 e. The van der Waals surface area contributed by atoms with Gasteiger partial charge in [0.05, 0.1) is 6.04 Å². The largest absolute Gasteiger partial charge is 0.381 e. The molecule has 1 atom stereocenters. The molecule has 1 aliphatic heterocycles. The topological polar surface area (TPSA) is 93.5 Å². The molecule has 23 heavy (non-hydrogen) atoms. The van der Waals surface area contributed by atoms with E-state index in [-0.39, 0.29) is 30.1 Å². The van der Waals surface area contributed by atoms with E-state index in [4.69, 9.17) is 10.5 Å². The van der Waals surface area contributed by atoms with Crippen molar-refractivity contribution in [2.45, 2.75) is 32.7 Å². The third kappa shape index (κ3) is 5.49. The van der Waals surface area contributed by atoms with E-state index in [1.165, 1.54) is 6.92 Å². The Labute approximate surface area is 142 Å². The van der Waals surface area contributed by atoms with E-state index in [0.717, 1.165) is 18.4 Å². The van der Waals surface area contributed by atoms with Gasteiger partial charge in [-0.15, -0.1) is 12.4 Å². The number of hydrogen-bond acceptors (Lipinski definition) is 4. The zero-order valence-corrected chi connectivity index (χ0v) is 14.2. The molecule has 0 aromatic heterocycles. The van der Waals surface area contributed by atoms with Crippen LogP contribution in [0.25, 0.3) is 0 Å². The number of rotatable bonds is 4. The summed E-state index contributed by atoms with van der Waals surface area (Å²) in [6, 6.07) is 4.84. The lowest BCUT2D eigenvalue weighted by molar-refractivity contribution is -0.119. The van der Waals surface area contributed by atoms with Gasteiger partial charge in [0.2, 0.25) is 11.8 Å². The van der Waals surface area contributed by atoms with E-state index in [1.54, 1.807) is 12.1 Å². The Morgan fingerprint density at radius 3 is 2.52 bits per heavy atom. The first kappa shape index (κ1) is 19.4. The highest BCUT2D eigenvalue weighted by Crippen LogP contribution is 2.22. The van der Waals surface area contributed by atoms with Crippen LogP contribution < -0.4 is 16.4 Å². The van der Waals surface area contributed by atoms with E-state index in [2.05, 4.69) is 10.6 Å². The fraction of sp³-hybridized carbons (Fsp3) is 0.500. The maximum atomic E-state index is 12.3. The molecule has 128 valence electrons. The molecule has 0 saturated carbocycles. The molecule has 0 radical (unpaired) electrons. The zero-order valence-electron chi connectivity index (χ0n) is 13.4. The smallest absolute Gasteiger partial charge is 0.241 e. The Kier molecular flexibility index (Phi) is 7.48. The van der Waals surface area contributed by atoms with Crippen LogP contribution in [0.1, 0.15) is 25.3 Å². The minimum atomic E-state index is -0.547. The van der Waals surface area contributed by atoms with Crippen molar-refractivity contribution in [1.29, 1.82) is 0 Å². The van der Waals surface area contributed by atoms with Crippen LogP contribution in [-0.2, 0) is 14.3 Å². The summed E-state index contributed by atoms with van der Waals surface area (Å²) in [5.74, 6) is -0.205. The van der Waals surface area contributed by atoms with Gasteiger partial charge in [0.1, 0.15) is 0 Å². The number of ether oxygens (including phenoxy) is 1. The summed E-state index contributed by atoms with van der Waals surface area (Å²) in [6.07, 6.45) is 1.61. The predicted octanol–water partition coefficient (Wildman–Crippen LogP) is 2.07. The van der Waals surface area contributed by atoms with E-state index in [1.807, 2.05) is 13.0 Å². The van der Waals surface area contributed by atoms with Gasteiger partial charge in [-0.1, -0.05) is 6.07 Å². The summed E-state index contributed by atoms with van der Waals surface area (Å²) in [6.45, 7) is 4.65. The monoisotopic (exact) mass is 341 g/mol. The van der Waals surface area contributed by atoms with E-state index in [0.29, 0.717) is 24.6 Å². The summed E-state index contributed by atoms with van der Waals surface area (Å²) in [5.41, 5.74) is 8.30. The number of anilines is 2. The SMILES string of the molecule is CC(=O)Nc1cc(NC(=O)C(N)C2CCOCC2)ccc1C.Cl. The molecular formula is C16H24ClN3O3. The maximum absolute atomic E-state index is 12.3. The number of halogens is 1. The third-order valence-corrected chi connectivity index (χ3v) is 3.89. The summed E-state index contributed by atoms with van der Waals surface area (Å²) >= 11 is 0. The number of amides is 2. The van der Waals surface area contributed by atoms with Gasteiger partial charge in [-0.3, -0.25) is 9.59 Å². The number of hydrogen-bond donors (Lipinski definition) is 3. The van der Waals surface area contributed by atoms with Crippen molar-refractivity contribution in [3.8, 4) is 0 Å². The molecule has 1 heterocycles. The number of nitrogens with one attached hydrogen (secondary N) is 2. The molecule has 0 aliphatic carbocycles. The van der Waals surface area contributed by atoms with Crippen molar-refractivity contribution in [2.24, 2.45) is 11.7 Å². The molecule has 7 heteroatoms. The van der Waals surface area contributed by atoms with Crippen LogP contribution in [0.5, 0.6) is 0 Å². The molecule has 1 aromatic rings. The highest BCUT2D eigenvalue weighted by Gasteiger charge is 2.26. The Balaban J connectivity index is 0.00000264. The first-order valence-corrected chi connectivity index (χ1v) is 7.50. The predicted molar refractivity (Wildman–Crippen MR) is 92.9 cm³/mol. The lowest BCUT2D eigenvalue weighted by atomic mass is 9.92. The molecule has 4 N–H and O–H groups in total. The standard InChI is InChI=1S/C16H23N3O3.ClH/c1-10-3-4-13(9-14(10)18-11(2)20)19-16(21)15(17)12-5-7-22-8-6-12;/h3-4,9,12,15H,5-8,17H2,1-2H3,(H,18,20)(H,19,21);1H. The number of aryl methyl sites for hydroxylation is 1. The average molecular weight is 342 g/mol. The van der Waals surface area contributed by atoms with Gasteiger partial charge < -0.3 is 21.1 Å². The Hall–Kier alpha value is -1.63. The van der Waals surface area contributed by atoms with Gasteiger partial charge in [0.15, 0.2) is 0 Å². The number of nitrogens with two attached hydrogens (primary N) is 1. The fourth-order valence-electron chi connectivity index (χ4n) is 2.54. The Morgan fingerprint density at radius 2 is 1.91 bits per heavy atom. The quantitative estimate of drug-likeness (QED) is 0.781. The molecule has 1 saturated heterocycles. The van der Waals surface area contributed by atoms with Gasteiger partial charge in [-0.25, -0.2) is 0 Å². The second kappa shape index (κ2) is 8.86. The molecule has 2 amide bonds. The molecule has 2 rings (SSSR count). The van der Waals surface area contributed by atoms with Gasteiger partial charge in [-0.2, -0.15) is 0 Å². The second-order valence-corrected chi connectivity index (χ2v) is 5.68. The molecule has 6 nitrogen and oxygen atoms in total. The second-order valence-electron chi connectivity index (χ2n) is 5.68. The van der Waals surface area contributed by atoms with Crippen LogP contribution in [0.2, 0.25) is 0 Å². The number of carbonyl (C=O) groups is 2. The highest BCUT2D eigenvalue weighted by molar-refractivity contribution is 5.96. The van der Waals surface area contributed by atoms with Gasteiger partial charge in [-0.05, 0) is 43.4 Å². The minimum Gasteiger partial charge on any atom is -0.381 e. The van der Waals surface area contributed by atoms with Gasteiger partial charge >= 0.3 is 0 Å². The Bertz CT molecular complexity index is 560. The highest BCUT2D eigenvalue weighted by atomic mass is 35.5. The van der Waals surface area contributed by atoms with Crippen LogP contribution in [0.3, 0.4) is 0 Å². The van der Waals surface area contributed by atoms with E-state index >= 15 is 0 Å². The third-order valence-electron chi connectivity index (χ3n) is 3.89. The molecule has 0 bridgehead atoms. The molecule has 1 fully saturated rings. The fourth-order valence-corrected chi connectivity index (χ4v) is 2.54. The summed E-state index contributed by atoms with van der Waals surface area (Å²) < 4.78 is 5.29. The van der Waals surface area contributed by atoms with Crippen molar-refractivity contribution in [2.75, 3.05) is 23.8 Å². The zero-order chi connectivity index (χ0) is 16.1. The molecule has 1 aromatic carbocycles. The van der Waals surface area contributed by atoms with Crippen molar-refractivity contribution in [3.05, 3.63) is 23.8 Å². The average Bonchev–Trinajstić information content (AvgIpc) is 2.50. The first-order valence-electron chi connectivity index (χ1n) is 7.50. The normalized spacial score (nSPS) is 16.1.